The van der Waals surface area contributed by atoms with Gasteiger partial charge in [-0.3, -0.25) is 4.79 Å². The second-order valence-electron chi connectivity index (χ2n) is 6.91. The molecule has 0 unspecified atom stereocenters. The van der Waals surface area contributed by atoms with Crippen molar-refractivity contribution in [1.82, 2.24) is 14.9 Å². The second-order valence-corrected chi connectivity index (χ2v) is 6.91. The number of aromatic hydroxyl groups is 1. The van der Waals surface area contributed by atoms with Crippen LogP contribution in [0.25, 0.3) is 10.8 Å². The number of fused-ring (bicyclic) bond motifs is 1. The van der Waals surface area contributed by atoms with Crippen LogP contribution in [0.5, 0.6) is 5.75 Å². The molecule has 0 aliphatic heterocycles. The molecule has 2 N–H and O–H groups in total. The largest absolute Gasteiger partial charge is 0.507 e. The van der Waals surface area contributed by atoms with Crippen LogP contribution in [0.15, 0.2) is 51.6 Å². The third-order valence-electron chi connectivity index (χ3n) is 3.94. The topological polar surface area (TPSA) is 122 Å². The molecule has 138 valence electrons. The van der Waals surface area contributed by atoms with E-state index >= 15 is 0 Å². The molecule has 0 spiro atoms. The summed E-state index contributed by atoms with van der Waals surface area (Å²) < 4.78 is 0.563. The predicted octanol–water partition coefficient (Wildman–Crippen LogP) is 2.77. The minimum atomic E-state index is -0.668. The predicted molar refractivity (Wildman–Crippen MR) is 103 cm³/mol. The number of benzene rings is 2. The Balaban J connectivity index is 1.96. The normalized spacial score (nSPS) is 11.8. The maximum absolute atomic E-state index is 12.4. The van der Waals surface area contributed by atoms with Gasteiger partial charge < -0.3 is 5.11 Å². The van der Waals surface area contributed by atoms with E-state index in [-0.39, 0.29) is 17.4 Å². The fraction of sp³-hybridized carbons (Fsp3) is 0.222. The zero-order valence-corrected chi connectivity index (χ0v) is 15.0. The van der Waals surface area contributed by atoms with Crippen LogP contribution in [-0.4, -0.2) is 26.2 Å². The van der Waals surface area contributed by atoms with Gasteiger partial charge in [-0.2, -0.15) is 5.10 Å². The van der Waals surface area contributed by atoms with Gasteiger partial charge in [-0.1, -0.05) is 51.1 Å². The van der Waals surface area contributed by atoms with E-state index in [0.29, 0.717) is 10.2 Å². The van der Waals surface area contributed by atoms with Crippen LogP contribution in [0, 0.1) is 4.91 Å². The van der Waals surface area contributed by atoms with Gasteiger partial charge in [0.25, 0.3) is 5.95 Å². The molecule has 1 heterocycles. The highest BCUT2D eigenvalue weighted by Crippen LogP contribution is 2.25. The maximum atomic E-state index is 12.4. The number of hydrogen-bond acceptors (Lipinski definition) is 8. The Morgan fingerprint density at radius 3 is 2.59 bits per heavy atom. The van der Waals surface area contributed by atoms with Gasteiger partial charge in [0, 0.05) is 11.0 Å². The molecule has 0 saturated carbocycles. The Morgan fingerprint density at radius 1 is 1.15 bits per heavy atom. The Labute approximate surface area is 154 Å². The highest BCUT2D eigenvalue weighted by Gasteiger charge is 2.23. The average Bonchev–Trinajstić information content (AvgIpc) is 2.62. The highest BCUT2D eigenvalue weighted by atomic mass is 16.3. The molecule has 2 aromatic carbocycles. The molecule has 3 aromatic rings. The number of hydrazone groups is 1. The molecule has 0 bridgehead atoms. The summed E-state index contributed by atoms with van der Waals surface area (Å²) in [6.07, 6.45) is 1.37. The van der Waals surface area contributed by atoms with Gasteiger partial charge >= 0.3 is 5.56 Å². The first-order valence-electron chi connectivity index (χ1n) is 8.16. The molecular weight excluding hydrogens is 348 g/mol. The van der Waals surface area contributed by atoms with E-state index in [4.69, 9.17) is 0 Å². The lowest BCUT2D eigenvalue weighted by molar-refractivity contribution is 0.475. The molecule has 9 heteroatoms. The van der Waals surface area contributed by atoms with Crippen molar-refractivity contribution in [2.75, 3.05) is 5.43 Å². The number of nitroso groups, excluding NO2 is 1. The van der Waals surface area contributed by atoms with Crippen LogP contribution in [0.4, 0.5) is 5.95 Å². The van der Waals surface area contributed by atoms with Crippen LogP contribution < -0.4 is 11.0 Å². The van der Waals surface area contributed by atoms with E-state index in [2.05, 4.69) is 26.0 Å². The fourth-order valence-electron chi connectivity index (χ4n) is 2.57. The number of phenolic OH excluding ortho intramolecular Hbond substituents is 1. The first kappa shape index (κ1) is 18.2. The van der Waals surface area contributed by atoms with Gasteiger partial charge in [0.2, 0.25) is 0 Å². The quantitative estimate of drug-likeness (QED) is 0.416. The molecule has 9 nitrogen and oxygen atoms in total. The number of anilines is 1. The van der Waals surface area contributed by atoms with E-state index < -0.39 is 11.0 Å². The number of nitrogens with zero attached hydrogens (tertiary/aromatic N) is 5. The summed E-state index contributed by atoms with van der Waals surface area (Å²) in [5, 5.41) is 26.2. The smallest absolute Gasteiger partial charge is 0.300 e. The van der Waals surface area contributed by atoms with Gasteiger partial charge in [-0.05, 0) is 16.8 Å². The third-order valence-corrected chi connectivity index (χ3v) is 3.94. The SMILES string of the molecule is CC(C)(C)c1nnc(N/N=C/c2c(O)ccc3ccccc23)n(N=O)c1=O. The zero-order valence-electron chi connectivity index (χ0n) is 15.0. The fourth-order valence-corrected chi connectivity index (χ4v) is 2.57. The molecule has 0 aliphatic carbocycles. The lowest BCUT2D eigenvalue weighted by atomic mass is 9.93. The Bertz CT molecular complexity index is 1100. The van der Waals surface area contributed by atoms with E-state index in [1.807, 2.05) is 24.3 Å². The molecule has 0 fully saturated rings. The van der Waals surface area contributed by atoms with Crippen molar-refractivity contribution in [3.8, 4) is 5.75 Å². The number of rotatable bonds is 4. The standard InChI is InChI=1S/C18H18N6O3/c1-18(2,3)15-16(26)24(23-27)17(22-20-15)21-19-10-13-12-7-5-4-6-11(12)8-9-14(13)25/h4-10,25H,1-3H3,(H,21,22)/b19-10+. The number of phenols is 1. The van der Waals surface area contributed by atoms with Crippen molar-refractivity contribution >= 4 is 22.9 Å². The lowest BCUT2D eigenvalue weighted by Gasteiger charge is -2.16. The molecule has 1 aromatic heterocycles. The molecule has 0 saturated heterocycles. The number of nitrogens with one attached hydrogen (secondary N) is 1. The number of hydrogen-bond donors (Lipinski definition) is 2. The van der Waals surface area contributed by atoms with Crippen LogP contribution in [-0.2, 0) is 5.41 Å². The lowest BCUT2D eigenvalue weighted by Crippen LogP contribution is -2.32. The minimum Gasteiger partial charge on any atom is -0.507 e. The third kappa shape index (κ3) is 3.52. The summed E-state index contributed by atoms with van der Waals surface area (Å²) in [5.41, 5.74) is 1.81. The highest BCUT2D eigenvalue weighted by molar-refractivity contribution is 6.02. The Hall–Kier alpha value is -3.62. The van der Waals surface area contributed by atoms with Crippen LogP contribution in [0.1, 0.15) is 32.0 Å². The molecule has 0 aliphatic rings. The van der Waals surface area contributed by atoms with Crippen LogP contribution in [0.2, 0.25) is 0 Å². The second kappa shape index (κ2) is 6.94. The van der Waals surface area contributed by atoms with Gasteiger partial charge in [0.05, 0.1) is 11.5 Å². The average molecular weight is 366 g/mol. The molecule has 0 amide bonds. The van der Waals surface area contributed by atoms with Crippen molar-refractivity contribution in [2.45, 2.75) is 26.2 Å². The first-order valence-corrected chi connectivity index (χ1v) is 8.16. The van der Waals surface area contributed by atoms with E-state index in [1.165, 1.54) is 6.21 Å². The first-order chi connectivity index (χ1) is 12.8. The van der Waals surface area contributed by atoms with E-state index in [0.717, 1.165) is 10.8 Å². The van der Waals surface area contributed by atoms with Crippen molar-refractivity contribution in [1.29, 1.82) is 0 Å². The summed E-state index contributed by atoms with van der Waals surface area (Å²) in [7, 11) is 0. The van der Waals surface area contributed by atoms with Gasteiger partial charge in [0.15, 0.2) is 0 Å². The summed E-state index contributed by atoms with van der Waals surface area (Å²) >= 11 is 0. The van der Waals surface area contributed by atoms with Crippen molar-refractivity contribution in [2.24, 2.45) is 10.4 Å². The van der Waals surface area contributed by atoms with Crippen LogP contribution >= 0.6 is 0 Å². The molecule has 0 radical (unpaired) electrons. The molecule has 3 rings (SSSR count). The monoisotopic (exact) mass is 366 g/mol. The Kier molecular flexibility index (Phi) is 4.68. The molecular formula is C18H18N6O3. The van der Waals surface area contributed by atoms with Gasteiger partial charge in [-0.15, -0.1) is 19.8 Å². The van der Waals surface area contributed by atoms with Crippen LogP contribution in [0.3, 0.4) is 0 Å². The van der Waals surface area contributed by atoms with E-state index in [9.17, 15) is 14.8 Å². The number of aromatic nitrogens is 3. The van der Waals surface area contributed by atoms with Gasteiger partial charge in [0.1, 0.15) is 11.4 Å². The Morgan fingerprint density at radius 2 is 1.89 bits per heavy atom. The summed E-state index contributed by atoms with van der Waals surface area (Å²) in [5.74, 6) is -0.182. The van der Waals surface area contributed by atoms with Crippen molar-refractivity contribution in [3.63, 3.8) is 0 Å². The molecule has 0 atom stereocenters. The summed E-state index contributed by atoms with van der Waals surface area (Å²) in [6, 6.07) is 10.8. The maximum Gasteiger partial charge on any atom is 0.300 e. The minimum absolute atomic E-state index is 0.0410. The molecule has 27 heavy (non-hydrogen) atoms. The summed E-state index contributed by atoms with van der Waals surface area (Å²) in [4.78, 5) is 23.5. The van der Waals surface area contributed by atoms with Gasteiger partial charge in [-0.25, -0.2) is 5.43 Å². The van der Waals surface area contributed by atoms with Crippen molar-refractivity contribution in [3.05, 3.63) is 62.9 Å². The van der Waals surface area contributed by atoms with E-state index in [1.54, 1.807) is 32.9 Å². The zero-order chi connectivity index (χ0) is 19.6. The van der Waals surface area contributed by atoms with Crippen molar-refractivity contribution < 1.29 is 5.11 Å². The summed E-state index contributed by atoms with van der Waals surface area (Å²) in [6.45, 7) is 5.34.